The molecule has 25 heavy (non-hydrogen) atoms. The molecule has 1 N–H and O–H groups in total. The number of nitrogens with zero attached hydrogens (tertiary/aromatic N) is 2. The van der Waals surface area contributed by atoms with Gasteiger partial charge in [-0.3, -0.25) is 4.79 Å². The Labute approximate surface area is 145 Å². The molecule has 3 rings (SSSR count). The van der Waals surface area contributed by atoms with Gasteiger partial charge in [-0.1, -0.05) is 36.3 Å². The second-order valence-corrected chi connectivity index (χ2v) is 5.52. The molecule has 1 aromatic heterocycles. The third-order valence-electron chi connectivity index (χ3n) is 3.68. The van der Waals surface area contributed by atoms with E-state index in [1.807, 2.05) is 30.3 Å². The number of hydrogen-bond acceptors (Lipinski definition) is 5. The number of hydrogen-bond donors (Lipinski definition) is 1. The molecule has 0 aliphatic rings. The number of anilines is 1. The van der Waals surface area contributed by atoms with E-state index in [-0.39, 0.29) is 12.5 Å². The van der Waals surface area contributed by atoms with Crippen LogP contribution in [0.3, 0.4) is 0 Å². The quantitative estimate of drug-likeness (QED) is 0.741. The van der Waals surface area contributed by atoms with Crippen molar-refractivity contribution in [2.45, 2.75) is 26.9 Å². The zero-order chi connectivity index (χ0) is 17.6. The SMILES string of the molecule is CCc1ccc(NC(=O)c2ccccc2OCc2noc(C)n2)cc1. The van der Waals surface area contributed by atoms with Crippen LogP contribution in [0.25, 0.3) is 0 Å². The van der Waals surface area contributed by atoms with Gasteiger partial charge in [0.1, 0.15) is 5.75 Å². The van der Waals surface area contributed by atoms with Crippen molar-refractivity contribution in [3.63, 3.8) is 0 Å². The number of aryl methyl sites for hydroxylation is 2. The average Bonchev–Trinajstić information content (AvgIpc) is 3.06. The molecule has 0 fully saturated rings. The lowest BCUT2D eigenvalue weighted by Crippen LogP contribution is -2.13. The third kappa shape index (κ3) is 4.23. The van der Waals surface area contributed by atoms with Gasteiger partial charge in [-0.2, -0.15) is 4.98 Å². The summed E-state index contributed by atoms with van der Waals surface area (Å²) in [5.41, 5.74) is 2.41. The summed E-state index contributed by atoms with van der Waals surface area (Å²) in [6.45, 7) is 3.93. The predicted octanol–water partition coefficient (Wildman–Crippen LogP) is 3.77. The molecule has 0 radical (unpaired) electrons. The highest BCUT2D eigenvalue weighted by molar-refractivity contribution is 6.06. The zero-order valence-corrected chi connectivity index (χ0v) is 14.2. The Morgan fingerprint density at radius 2 is 1.92 bits per heavy atom. The van der Waals surface area contributed by atoms with Gasteiger partial charge in [0.05, 0.1) is 5.56 Å². The van der Waals surface area contributed by atoms with Crippen molar-refractivity contribution < 1.29 is 14.1 Å². The predicted molar refractivity (Wildman–Crippen MR) is 93.6 cm³/mol. The number of carbonyl (C=O) groups excluding carboxylic acids is 1. The molecule has 3 aromatic rings. The number of ether oxygens (including phenoxy) is 1. The zero-order valence-electron chi connectivity index (χ0n) is 14.2. The van der Waals surface area contributed by atoms with E-state index in [9.17, 15) is 4.79 Å². The largest absolute Gasteiger partial charge is 0.485 e. The molecular weight excluding hydrogens is 318 g/mol. The van der Waals surface area contributed by atoms with Gasteiger partial charge in [-0.25, -0.2) is 0 Å². The maximum atomic E-state index is 12.6. The first kappa shape index (κ1) is 16.7. The summed E-state index contributed by atoms with van der Waals surface area (Å²) >= 11 is 0. The molecule has 0 saturated carbocycles. The van der Waals surface area contributed by atoms with Crippen molar-refractivity contribution in [3.8, 4) is 5.75 Å². The molecule has 1 heterocycles. The second kappa shape index (κ2) is 7.61. The molecule has 0 saturated heterocycles. The number of benzene rings is 2. The summed E-state index contributed by atoms with van der Waals surface area (Å²) in [4.78, 5) is 16.6. The number of amides is 1. The van der Waals surface area contributed by atoms with Crippen LogP contribution in [0.2, 0.25) is 0 Å². The molecule has 0 bridgehead atoms. The highest BCUT2D eigenvalue weighted by Gasteiger charge is 2.13. The van der Waals surface area contributed by atoms with Crippen LogP contribution >= 0.6 is 0 Å². The average molecular weight is 337 g/mol. The Kier molecular flexibility index (Phi) is 5.09. The Balaban J connectivity index is 1.71. The number of nitrogens with one attached hydrogen (secondary N) is 1. The molecule has 0 aliphatic carbocycles. The molecule has 0 atom stereocenters. The van der Waals surface area contributed by atoms with Crippen LogP contribution in [0.5, 0.6) is 5.75 Å². The van der Waals surface area contributed by atoms with Crippen LogP contribution in [0, 0.1) is 6.92 Å². The van der Waals surface area contributed by atoms with Crippen molar-refractivity contribution in [2.75, 3.05) is 5.32 Å². The number of carbonyl (C=O) groups is 1. The van der Waals surface area contributed by atoms with Crippen molar-refractivity contribution in [3.05, 3.63) is 71.4 Å². The van der Waals surface area contributed by atoms with Gasteiger partial charge in [0.25, 0.3) is 5.91 Å². The highest BCUT2D eigenvalue weighted by atomic mass is 16.5. The normalized spacial score (nSPS) is 10.5. The van der Waals surface area contributed by atoms with E-state index in [0.29, 0.717) is 23.0 Å². The summed E-state index contributed by atoms with van der Waals surface area (Å²) in [5, 5.41) is 6.66. The van der Waals surface area contributed by atoms with Gasteiger partial charge in [-0.15, -0.1) is 0 Å². The molecule has 0 spiro atoms. The summed E-state index contributed by atoms with van der Waals surface area (Å²) in [7, 11) is 0. The Morgan fingerprint density at radius 1 is 1.16 bits per heavy atom. The molecule has 0 unspecified atom stereocenters. The molecular formula is C19H19N3O3. The lowest BCUT2D eigenvalue weighted by Gasteiger charge is -2.11. The molecule has 6 heteroatoms. The van der Waals surface area contributed by atoms with Gasteiger partial charge in [0.2, 0.25) is 11.7 Å². The molecule has 2 aromatic carbocycles. The Bertz CT molecular complexity index is 856. The minimum atomic E-state index is -0.232. The highest BCUT2D eigenvalue weighted by Crippen LogP contribution is 2.21. The Morgan fingerprint density at radius 3 is 2.60 bits per heavy atom. The topological polar surface area (TPSA) is 77.2 Å². The molecule has 0 aliphatic heterocycles. The van der Waals surface area contributed by atoms with Crippen LogP contribution < -0.4 is 10.1 Å². The molecule has 128 valence electrons. The first-order valence-corrected chi connectivity index (χ1v) is 8.07. The van der Waals surface area contributed by atoms with E-state index >= 15 is 0 Å². The smallest absolute Gasteiger partial charge is 0.259 e. The van der Waals surface area contributed by atoms with Gasteiger partial charge in [-0.05, 0) is 36.2 Å². The molecule has 1 amide bonds. The number of rotatable bonds is 6. The minimum absolute atomic E-state index is 0.132. The summed E-state index contributed by atoms with van der Waals surface area (Å²) in [5.74, 6) is 1.14. The van der Waals surface area contributed by atoms with E-state index < -0.39 is 0 Å². The fourth-order valence-electron chi connectivity index (χ4n) is 2.34. The fourth-order valence-corrected chi connectivity index (χ4v) is 2.34. The van der Waals surface area contributed by atoms with E-state index in [0.717, 1.165) is 12.1 Å². The third-order valence-corrected chi connectivity index (χ3v) is 3.68. The summed E-state index contributed by atoms with van der Waals surface area (Å²) in [6.07, 6.45) is 0.959. The first-order chi connectivity index (χ1) is 12.2. The maximum Gasteiger partial charge on any atom is 0.259 e. The van der Waals surface area contributed by atoms with Crippen molar-refractivity contribution in [2.24, 2.45) is 0 Å². The van der Waals surface area contributed by atoms with Gasteiger partial charge >= 0.3 is 0 Å². The van der Waals surface area contributed by atoms with Crippen LogP contribution in [-0.4, -0.2) is 16.0 Å². The van der Waals surface area contributed by atoms with Gasteiger partial charge in [0, 0.05) is 12.6 Å². The standard InChI is InChI=1S/C19H19N3O3/c1-3-14-8-10-15(11-9-14)21-19(23)16-6-4-5-7-17(16)24-12-18-20-13(2)25-22-18/h4-11H,3,12H2,1-2H3,(H,21,23). The lowest BCUT2D eigenvalue weighted by atomic mass is 10.1. The molecule has 6 nitrogen and oxygen atoms in total. The maximum absolute atomic E-state index is 12.6. The summed E-state index contributed by atoms with van der Waals surface area (Å²) < 4.78 is 10.6. The Hall–Kier alpha value is -3.15. The number of para-hydroxylation sites is 1. The van der Waals surface area contributed by atoms with Crippen LogP contribution in [0.1, 0.15) is 34.6 Å². The van der Waals surface area contributed by atoms with Crippen LogP contribution in [0.4, 0.5) is 5.69 Å². The van der Waals surface area contributed by atoms with E-state index in [4.69, 9.17) is 9.26 Å². The number of aromatic nitrogens is 2. The monoisotopic (exact) mass is 337 g/mol. The lowest BCUT2D eigenvalue weighted by molar-refractivity contribution is 0.102. The van der Waals surface area contributed by atoms with Crippen molar-refractivity contribution in [1.29, 1.82) is 0 Å². The van der Waals surface area contributed by atoms with Gasteiger partial charge in [0.15, 0.2) is 6.61 Å². The summed E-state index contributed by atoms with van der Waals surface area (Å²) in [6, 6.07) is 14.8. The fraction of sp³-hybridized carbons (Fsp3) is 0.211. The second-order valence-electron chi connectivity index (χ2n) is 5.52. The van der Waals surface area contributed by atoms with E-state index in [1.54, 1.807) is 25.1 Å². The van der Waals surface area contributed by atoms with Gasteiger partial charge < -0.3 is 14.6 Å². The van der Waals surface area contributed by atoms with E-state index in [2.05, 4.69) is 22.4 Å². The van der Waals surface area contributed by atoms with Crippen molar-refractivity contribution >= 4 is 11.6 Å². The van der Waals surface area contributed by atoms with Crippen LogP contribution in [-0.2, 0) is 13.0 Å². The van der Waals surface area contributed by atoms with E-state index in [1.165, 1.54) is 5.56 Å². The van der Waals surface area contributed by atoms with Crippen molar-refractivity contribution in [1.82, 2.24) is 10.1 Å². The van der Waals surface area contributed by atoms with Crippen LogP contribution in [0.15, 0.2) is 53.1 Å². The first-order valence-electron chi connectivity index (χ1n) is 8.07. The minimum Gasteiger partial charge on any atom is -0.485 e.